The molecule has 0 aromatic rings. The van der Waals surface area contributed by atoms with Crippen molar-refractivity contribution in [2.45, 2.75) is 40.5 Å². The standard InChI is InChI=1S/C12H18O3/c1-8(7-12(2,3)4)5-9-6-10(13)15-11(9)14/h5,9H,6-7H2,1-4H3/b8-5+/t9-/m1/s1. The lowest BCUT2D eigenvalue weighted by atomic mass is 9.87. The maximum atomic E-state index is 11.2. The highest BCUT2D eigenvalue weighted by molar-refractivity contribution is 5.95. The van der Waals surface area contributed by atoms with E-state index in [1.54, 1.807) is 0 Å². The van der Waals surface area contributed by atoms with Crippen LogP contribution in [0, 0.1) is 11.3 Å². The second-order valence-corrected chi connectivity index (χ2v) is 5.35. The fourth-order valence-corrected chi connectivity index (χ4v) is 1.86. The van der Waals surface area contributed by atoms with E-state index in [1.165, 1.54) is 0 Å². The summed E-state index contributed by atoms with van der Waals surface area (Å²) in [7, 11) is 0. The summed E-state index contributed by atoms with van der Waals surface area (Å²) >= 11 is 0. The van der Waals surface area contributed by atoms with Crippen LogP contribution in [0.25, 0.3) is 0 Å². The quantitative estimate of drug-likeness (QED) is 0.399. The summed E-state index contributed by atoms with van der Waals surface area (Å²) in [6.07, 6.45) is 2.98. The summed E-state index contributed by atoms with van der Waals surface area (Å²) in [5.41, 5.74) is 1.34. The lowest BCUT2D eigenvalue weighted by Gasteiger charge is -2.18. The van der Waals surface area contributed by atoms with Crippen molar-refractivity contribution < 1.29 is 14.3 Å². The Hall–Kier alpha value is -1.12. The molecule has 1 atom stereocenters. The number of esters is 2. The molecule has 0 spiro atoms. The van der Waals surface area contributed by atoms with Gasteiger partial charge >= 0.3 is 11.9 Å². The fraction of sp³-hybridized carbons (Fsp3) is 0.667. The van der Waals surface area contributed by atoms with Gasteiger partial charge in [0.25, 0.3) is 0 Å². The van der Waals surface area contributed by atoms with Crippen LogP contribution >= 0.6 is 0 Å². The molecule has 15 heavy (non-hydrogen) atoms. The predicted octanol–water partition coefficient (Wildman–Crippen LogP) is 2.46. The van der Waals surface area contributed by atoms with E-state index in [0.717, 1.165) is 12.0 Å². The van der Waals surface area contributed by atoms with Gasteiger partial charge in [-0.15, -0.1) is 0 Å². The third kappa shape index (κ3) is 3.86. The van der Waals surface area contributed by atoms with E-state index in [9.17, 15) is 9.59 Å². The molecule has 1 saturated heterocycles. The minimum atomic E-state index is -0.412. The van der Waals surface area contributed by atoms with Crippen molar-refractivity contribution >= 4 is 11.9 Å². The molecular formula is C12H18O3. The van der Waals surface area contributed by atoms with Gasteiger partial charge in [0.05, 0.1) is 12.3 Å². The summed E-state index contributed by atoms with van der Waals surface area (Å²) < 4.78 is 4.48. The van der Waals surface area contributed by atoms with Gasteiger partial charge in [-0.2, -0.15) is 0 Å². The third-order valence-electron chi connectivity index (χ3n) is 2.20. The van der Waals surface area contributed by atoms with E-state index < -0.39 is 11.9 Å². The number of carbonyl (C=O) groups excluding carboxylic acids is 2. The van der Waals surface area contributed by atoms with Gasteiger partial charge in [-0.25, -0.2) is 0 Å². The number of allylic oxidation sites excluding steroid dienone is 1. The van der Waals surface area contributed by atoms with Gasteiger partial charge in [-0.05, 0) is 18.8 Å². The Kier molecular flexibility index (Phi) is 3.32. The minimum Gasteiger partial charge on any atom is -0.393 e. The first-order valence-electron chi connectivity index (χ1n) is 5.20. The Morgan fingerprint density at radius 3 is 2.47 bits per heavy atom. The second kappa shape index (κ2) is 4.17. The number of cyclic esters (lactones) is 2. The molecule has 0 aromatic carbocycles. The Morgan fingerprint density at radius 2 is 2.07 bits per heavy atom. The van der Waals surface area contributed by atoms with Crippen molar-refractivity contribution in [2.24, 2.45) is 11.3 Å². The van der Waals surface area contributed by atoms with E-state index in [0.29, 0.717) is 0 Å². The molecule has 0 bridgehead atoms. The second-order valence-electron chi connectivity index (χ2n) is 5.35. The Morgan fingerprint density at radius 1 is 1.47 bits per heavy atom. The molecule has 3 nitrogen and oxygen atoms in total. The smallest absolute Gasteiger partial charge is 0.321 e. The van der Waals surface area contributed by atoms with Crippen molar-refractivity contribution in [3.05, 3.63) is 11.6 Å². The lowest BCUT2D eigenvalue weighted by molar-refractivity contribution is -0.152. The summed E-state index contributed by atoms with van der Waals surface area (Å²) in [6, 6.07) is 0. The summed E-state index contributed by atoms with van der Waals surface area (Å²) in [5.74, 6) is -1.18. The van der Waals surface area contributed by atoms with Crippen molar-refractivity contribution in [1.82, 2.24) is 0 Å². The van der Waals surface area contributed by atoms with Crippen molar-refractivity contribution in [1.29, 1.82) is 0 Å². The Labute approximate surface area is 90.5 Å². The number of carbonyl (C=O) groups is 2. The molecule has 0 aliphatic carbocycles. The van der Waals surface area contributed by atoms with Gasteiger partial charge in [-0.1, -0.05) is 32.4 Å². The summed E-state index contributed by atoms with van der Waals surface area (Å²) in [4.78, 5) is 22.1. The van der Waals surface area contributed by atoms with Crippen molar-refractivity contribution in [2.75, 3.05) is 0 Å². The van der Waals surface area contributed by atoms with Crippen LogP contribution in [0.1, 0.15) is 40.5 Å². The van der Waals surface area contributed by atoms with Crippen LogP contribution in [0.2, 0.25) is 0 Å². The third-order valence-corrected chi connectivity index (χ3v) is 2.20. The molecule has 1 fully saturated rings. The van der Waals surface area contributed by atoms with Gasteiger partial charge in [0.15, 0.2) is 0 Å². The molecular weight excluding hydrogens is 192 g/mol. The summed E-state index contributed by atoms with van der Waals surface area (Å²) in [5, 5.41) is 0. The molecule has 0 unspecified atom stereocenters. The predicted molar refractivity (Wildman–Crippen MR) is 57.0 cm³/mol. The monoisotopic (exact) mass is 210 g/mol. The SMILES string of the molecule is C/C(=C\[C@@H]1CC(=O)OC1=O)CC(C)(C)C. The number of hydrogen-bond donors (Lipinski definition) is 0. The molecule has 1 aliphatic rings. The normalized spacial score (nSPS) is 23.2. The topological polar surface area (TPSA) is 43.4 Å². The maximum Gasteiger partial charge on any atom is 0.321 e. The molecule has 84 valence electrons. The molecule has 0 amide bonds. The van der Waals surface area contributed by atoms with Gasteiger partial charge in [0.1, 0.15) is 0 Å². The van der Waals surface area contributed by atoms with Crippen LogP contribution in [0.4, 0.5) is 0 Å². The van der Waals surface area contributed by atoms with Gasteiger partial charge < -0.3 is 4.74 Å². The molecule has 1 aliphatic heterocycles. The Bertz CT molecular complexity index is 307. The molecule has 0 N–H and O–H groups in total. The first-order chi connectivity index (χ1) is 6.78. The van der Waals surface area contributed by atoms with Crippen LogP contribution in [0.3, 0.4) is 0 Å². The van der Waals surface area contributed by atoms with E-state index in [-0.39, 0.29) is 17.8 Å². The minimum absolute atomic E-state index is 0.195. The number of rotatable bonds is 2. The van der Waals surface area contributed by atoms with Crippen LogP contribution in [0.15, 0.2) is 11.6 Å². The first-order valence-corrected chi connectivity index (χ1v) is 5.20. The highest BCUT2D eigenvalue weighted by atomic mass is 16.6. The van der Waals surface area contributed by atoms with Crippen molar-refractivity contribution in [3.8, 4) is 0 Å². The molecule has 3 heteroatoms. The average molecular weight is 210 g/mol. The zero-order valence-corrected chi connectivity index (χ0v) is 9.79. The molecule has 0 aromatic heterocycles. The zero-order valence-electron chi connectivity index (χ0n) is 9.79. The van der Waals surface area contributed by atoms with Crippen LogP contribution in [0.5, 0.6) is 0 Å². The van der Waals surface area contributed by atoms with E-state index in [1.807, 2.05) is 13.0 Å². The molecule has 0 saturated carbocycles. The highest BCUT2D eigenvalue weighted by Crippen LogP contribution is 2.26. The zero-order chi connectivity index (χ0) is 11.6. The first kappa shape index (κ1) is 12.0. The van der Waals surface area contributed by atoms with Crippen LogP contribution in [-0.2, 0) is 14.3 Å². The van der Waals surface area contributed by atoms with E-state index in [4.69, 9.17) is 0 Å². The summed E-state index contributed by atoms with van der Waals surface area (Å²) in [6.45, 7) is 8.41. The van der Waals surface area contributed by atoms with Crippen LogP contribution < -0.4 is 0 Å². The molecule has 0 radical (unpaired) electrons. The van der Waals surface area contributed by atoms with Crippen molar-refractivity contribution in [3.63, 3.8) is 0 Å². The highest BCUT2D eigenvalue weighted by Gasteiger charge is 2.31. The van der Waals surface area contributed by atoms with E-state index >= 15 is 0 Å². The molecule has 1 heterocycles. The number of ether oxygens (including phenoxy) is 1. The van der Waals surface area contributed by atoms with Gasteiger partial charge in [-0.3, -0.25) is 9.59 Å². The average Bonchev–Trinajstić information content (AvgIpc) is 2.25. The maximum absolute atomic E-state index is 11.2. The van der Waals surface area contributed by atoms with Gasteiger partial charge in [0.2, 0.25) is 0 Å². The Balaban J connectivity index is 2.63. The van der Waals surface area contributed by atoms with Gasteiger partial charge in [0, 0.05) is 0 Å². The fourth-order valence-electron chi connectivity index (χ4n) is 1.86. The van der Waals surface area contributed by atoms with Crippen LogP contribution in [-0.4, -0.2) is 11.9 Å². The lowest BCUT2D eigenvalue weighted by Crippen LogP contribution is -2.08. The van der Waals surface area contributed by atoms with E-state index in [2.05, 4.69) is 25.5 Å². The largest absolute Gasteiger partial charge is 0.393 e. The molecule has 1 rings (SSSR count). The number of hydrogen-bond acceptors (Lipinski definition) is 3.